The number of amides is 1. The van der Waals surface area contributed by atoms with Crippen LogP contribution in [0.2, 0.25) is 0 Å². The monoisotopic (exact) mass is 518 g/mol. The summed E-state index contributed by atoms with van der Waals surface area (Å²) in [5.74, 6) is -0.948. The van der Waals surface area contributed by atoms with Crippen molar-refractivity contribution in [2.75, 3.05) is 5.32 Å². The molecule has 0 aliphatic carbocycles. The molecular weight excluding hydrogens is 500 g/mol. The molecule has 1 aromatic heterocycles. The van der Waals surface area contributed by atoms with E-state index < -0.39 is 18.1 Å². The molecule has 1 N–H and O–H groups in total. The Kier molecular flexibility index (Phi) is 6.61. The van der Waals surface area contributed by atoms with Gasteiger partial charge in [0.2, 0.25) is 0 Å². The van der Waals surface area contributed by atoms with Gasteiger partial charge in [-0.05, 0) is 77.9 Å². The first kappa shape index (κ1) is 24.7. The average Bonchev–Trinajstić information content (AvgIpc) is 3.39. The number of ether oxygens (including phenoxy) is 1. The predicted molar refractivity (Wildman–Crippen MR) is 133 cm³/mol. The van der Waals surface area contributed by atoms with Crippen molar-refractivity contribution in [2.45, 2.75) is 6.36 Å². The molecule has 0 unspecified atom stereocenters. The van der Waals surface area contributed by atoms with Gasteiger partial charge < -0.3 is 10.1 Å². The fourth-order valence-corrected chi connectivity index (χ4v) is 3.74. The van der Waals surface area contributed by atoms with Crippen LogP contribution >= 0.6 is 0 Å². The van der Waals surface area contributed by atoms with Crippen molar-refractivity contribution in [1.82, 2.24) is 14.8 Å². The zero-order valence-corrected chi connectivity index (χ0v) is 19.5. The molecule has 0 atom stereocenters. The van der Waals surface area contributed by atoms with E-state index in [4.69, 9.17) is 0 Å². The van der Waals surface area contributed by atoms with Gasteiger partial charge in [-0.3, -0.25) is 4.79 Å². The van der Waals surface area contributed by atoms with Gasteiger partial charge in [-0.15, -0.1) is 18.3 Å². The van der Waals surface area contributed by atoms with Crippen LogP contribution in [-0.4, -0.2) is 27.0 Å². The fourth-order valence-electron chi connectivity index (χ4n) is 3.74. The highest BCUT2D eigenvalue weighted by atomic mass is 19.4. The Morgan fingerprint density at radius 3 is 2.21 bits per heavy atom. The third-order valence-electron chi connectivity index (χ3n) is 5.49. The number of anilines is 1. The lowest BCUT2D eigenvalue weighted by atomic mass is 10.0. The van der Waals surface area contributed by atoms with Crippen molar-refractivity contribution >= 4 is 11.6 Å². The lowest BCUT2D eigenvalue weighted by molar-refractivity contribution is -0.274. The van der Waals surface area contributed by atoms with Crippen molar-refractivity contribution in [3.8, 4) is 34.0 Å². The average molecular weight is 518 g/mol. The van der Waals surface area contributed by atoms with E-state index in [1.807, 2.05) is 30.3 Å². The maximum atomic E-state index is 14.2. The number of hydrogen-bond acceptors (Lipinski definition) is 4. The van der Waals surface area contributed by atoms with E-state index in [0.717, 1.165) is 5.56 Å². The molecule has 5 aromatic rings. The Morgan fingerprint density at radius 2 is 1.53 bits per heavy atom. The van der Waals surface area contributed by atoms with Crippen LogP contribution in [0.15, 0.2) is 103 Å². The Morgan fingerprint density at radius 1 is 0.816 bits per heavy atom. The highest BCUT2D eigenvalue weighted by Gasteiger charge is 2.31. The Bertz CT molecular complexity index is 1570. The molecule has 0 radical (unpaired) electrons. The molecule has 0 saturated carbocycles. The van der Waals surface area contributed by atoms with Gasteiger partial charge in [-0.2, -0.15) is 0 Å². The number of halogens is 4. The molecule has 1 heterocycles. The minimum Gasteiger partial charge on any atom is -0.406 e. The second-order valence-electron chi connectivity index (χ2n) is 8.18. The molecule has 1 amide bonds. The minimum atomic E-state index is -4.77. The second kappa shape index (κ2) is 10.2. The quantitative estimate of drug-likeness (QED) is 0.249. The molecular formula is C28H18F4N4O2. The fraction of sp³-hybridized carbons (Fsp3) is 0.0357. The molecule has 38 heavy (non-hydrogen) atoms. The van der Waals surface area contributed by atoms with Crippen LogP contribution in [-0.2, 0) is 0 Å². The van der Waals surface area contributed by atoms with Crippen molar-refractivity contribution in [2.24, 2.45) is 0 Å². The number of alkyl halides is 3. The summed E-state index contributed by atoms with van der Waals surface area (Å²) in [6, 6.07) is 25.3. The minimum absolute atomic E-state index is 0.181. The highest BCUT2D eigenvalue weighted by molar-refractivity contribution is 6.05. The molecule has 5 rings (SSSR count). The number of rotatable bonds is 6. The third-order valence-corrected chi connectivity index (χ3v) is 5.49. The van der Waals surface area contributed by atoms with Gasteiger partial charge in [0.25, 0.3) is 5.91 Å². The second-order valence-corrected chi connectivity index (χ2v) is 8.18. The number of nitrogens with zero attached hydrogens (tertiary/aromatic N) is 3. The standard InChI is InChI=1S/C28H18F4N4O2/c29-22-15-20(18-4-2-1-3-5-18)14-21(16-22)27(37)34-23-8-6-19(7-9-23)26-33-17-36(35-26)24-10-12-25(13-11-24)38-28(30,31)32/h1-17H,(H,34,37). The van der Waals surface area contributed by atoms with Gasteiger partial charge in [0.05, 0.1) is 5.69 Å². The van der Waals surface area contributed by atoms with Crippen LogP contribution in [0.25, 0.3) is 28.2 Å². The van der Waals surface area contributed by atoms with E-state index in [1.54, 1.807) is 30.3 Å². The van der Waals surface area contributed by atoms with E-state index in [0.29, 0.717) is 28.3 Å². The maximum absolute atomic E-state index is 14.2. The van der Waals surface area contributed by atoms with Crippen LogP contribution in [0.3, 0.4) is 0 Å². The molecule has 0 bridgehead atoms. The number of hydrogen-bond donors (Lipinski definition) is 1. The smallest absolute Gasteiger partial charge is 0.406 e. The Balaban J connectivity index is 1.27. The first-order chi connectivity index (χ1) is 18.2. The summed E-state index contributed by atoms with van der Waals surface area (Å²) in [5, 5.41) is 7.11. The summed E-state index contributed by atoms with van der Waals surface area (Å²) >= 11 is 0. The van der Waals surface area contributed by atoms with Crippen LogP contribution in [0, 0.1) is 5.82 Å². The SMILES string of the molecule is O=C(Nc1ccc(-c2ncn(-c3ccc(OC(F)(F)F)cc3)n2)cc1)c1cc(F)cc(-c2ccccc2)c1. The van der Waals surface area contributed by atoms with Crippen LogP contribution < -0.4 is 10.1 Å². The Labute approximate surface area is 214 Å². The first-order valence-corrected chi connectivity index (χ1v) is 11.3. The van der Waals surface area contributed by atoms with Crippen molar-refractivity contribution in [3.63, 3.8) is 0 Å². The zero-order chi connectivity index (χ0) is 26.7. The molecule has 0 fully saturated rings. The number of nitrogens with one attached hydrogen (secondary N) is 1. The van der Waals surface area contributed by atoms with E-state index in [9.17, 15) is 22.4 Å². The molecule has 0 saturated heterocycles. The lowest BCUT2D eigenvalue weighted by Crippen LogP contribution is -2.17. The molecule has 190 valence electrons. The normalized spacial score (nSPS) is 11.3. The van der Waals surface area contributed by atoms with Crippen LogP contribution in [0.1, 0.15) is 10.4 Å². The maximum Gasteiger partial charge on any atom is 0.573 e. The molecule has 0 spiro atoms. The predicted octanol–water partition coefficient (Wildman–Crippen LogP) is 6.89. The molecule has 0 aliphatic heterocycles. The van der Waals surface area contributed by atoms with E-state index in [1.165, 1.54) is 47.4 Å². The molecule has 6 nitrogen and oxygen atoms in total. The molecule has 10 heteroatoms. The van der Waals surface area contributed by atoms with Gasteiger partial charge in [0, 0.05) is 16.8 Å². The molecule has 0 aliphatic rings. The van der Waals surface area contributed by atoms with Crippen molar-refractivity contribution in [3.05, 3.63) is 115 Å². The topological polar surface area (TPSA) is 69.0 Å². The number of carbonyl (C=O) groups excluding carboxylic acids is 1. The van der Waals surface area contributed by atoms with Crippen molar-refractivity contribution in [1.29, 1.82) is 0 Å². The summed E-state index contributed by atoms with van der Waals surface area (Å²) in [5.41, 5.74) is 3.20. The summed E-state index contributed by atoms with van der Waals surface area (Å²) in [4.78, 5) is 17.0. The van der Waals surface area contributed by atoms with Crippen LogP contribution in [0.5, 0.6) is 5.75 Å². The summed E-state index contributed by atoms with van der Waals surface area (Å²) in [6.07, 6.45) is -3.34. The van der Waals surface area contributed by atoms with Gasteiger partial charge in [0.1, 0.15) is 17.9 Å². The number of aromatic nitrogens is 3. The van der Waals surface area contributed by atoms with E-state index in [2.05, 4.69) is 20.1 Å². The molecule has 4 aromatic carbocycles. The van der Waals surface area contributed by atoms with Crippen LogP contribution in [0.4, 0.5) is 23.2 Å². The third kappa shape index (κ3) is 5.86. The highest BCUT2D eigenvalue weighted by Crippen LogP contribution is 2.25. The summed E-state index contributed by atoms with van der Waals surface area (Å²) < 4.78 is 56.5. The summed E-state index contributed by atoms with van der Waals surface area (Å²) in [7, 11) is 0. The van der Waals surface area contributed by atoms with Gasteiger partial charge >= 0.3 is 6.36 Å². The van der Waals surface area contributed by atoms with Crippen molar-refractivity contribution < 1.29 is 27.1 Å². The van der Waals surface area contributed by atoms with Gasteiger partial charge in [0.15, 0.2) is 5.82 Å². The van der Waals surface area contributed by atoms with E-state index in [-0.39, 0.29) is 11.3 Å². The summed E-state index contributed by atoms with van der Waals surface area (Å²) in [6.45, 7) is 0. The zero-order valence-electron chi connectivity index (χ0n) is 19.5. The first-order valence-electron chi connectivity index (χ1n) is 11.3. The van der Waals surface area contributed by atoms with Gasteiger partial charge in [-0.25, -0.2) is 14.1 Å². The lowest BCUT2D eigenvalue weighted by Gasteiger charge is -2.09. The Hall–Kier alpha value is -4.99. The number of carbonyl (C=O) groups is 1. The van der Waals surface area contributed by atoms with E-state index >= 15 is 0 Å². The largest absolute Gasteiger partial charge is 0.573 e. The number of benzene rings is 4. The van der Waals surface area contributed by atoms with Gasteiger partial charge in [-0.1, -0.05) is 30.3 Å².